The highest BCUT2D eigenvalue weighted by molar-refractivity contribution is 7.12. The molecule has 3 nitrogen and oxygen atoms in total. The number of aliphatic hydroxyl groups is 1. The number of nitrogens with one attached hydrogen (secondary N) is 1. The summed E-state index contributed by atoms with van der Waals surface area (Å²) in [5.74, 6) is 0.0551. The van der Waals surface area contributed by atoms with Gasteiger partial charge in [0.1, 0.15) is 0 Å². The van der Waals surface area contributed by atoms with Gasteiger partial charge in [0.15, 0.2) is 0 Å². The molecule has 4 heteroatoms. The van der Waals surface area contributed by atoms with Gasteiger partial charge < -0.3 is 10.4 Å². The smallest absolute Gasteiger partial charge is 0.224 e. The molecule has 1 aromatic heterocycles. The van der Waals surface area contributed by atoms with Gasteiger partial charge in [0.05, 0.1) is 0 Å². The summed E-state index contributed by atoms with van der Waals surface area (Å²) in [4.78, 5) is 14.6. The highest BCUT2D eigenvalue weighted by Gasteiger charge is 2.06. The lowest BCUT2D eigenvalue weighted by Crippen LogP contribution is -2.11. The molecule has 0 fully saturated rings. The van der Waals surface area contributed by atoms with Gasteiger partial charge >= 0.3 is 0 Å². The van der Waals surface area contributed by atoms with Crippen molar-refractivity contribution in [3.05, 3.63) is 51.2 Å². The molecule has 0 saturated heterocycles. The van der Waals surface area contributed by atoms with Crippen LogP contribution in [-0.4, -0.2) is 17.6 Å². The van der Waals surface area contributed by atoms with Crippen LogP contribution in [-0.2, 0) is 17.6 Å². The summed E-state index contributed by atoms with van der Waals surface area (Å²) in [6, 6.07) is 9.86. The molecule has 1 heterocycles. The van der Waals surface area contributed by atoms with Crippen molar-refractivity contribution in [3.63, 3.8) is 0 Å². The number of aliphatic hydroxyl groups excluding tert-OH is 1. The third-order valence-electron chi connectivity index (χ3n) is 3.63. The first-order chi connectivity index (χ1) is 10.6. The van der Waals surface area contributed by atoms with Gasteiger partial charge in [-0.15, -0.1) is 11.3 Å². The van der Waals surface area contributed by atoms with E-state index in [1.165, 1.54) is 15.3 Å². The molecule has 0 saturated carbocycles. The maximum Gasteiger partial charge on any atom is 0.224 e. The number of hydrogen-bond acceptors (Lipinski definition) is 3. The number of rotatable bonds is 7. The Labute approximate surface area is 136 Å². The molecule has 0 unspecified atom stereocenters. The molecular weight excluding hydrogens is 294 g/mol. The van der Waals surface area contributed by atoms with E-state index in [-0.39, 0.29) is 12.5 Å². The molecule has 0 spiro atoms. The van der Waals surface area contributed by atoms with E-state index < -0.39 is 0 Å². The molecule has 0 radical (unpaired) electrons. The van der Waals surface area contributed by atoms with Crippen LogP contribution < -0.4 is 5.32 Å². The fourth-order valence-corrected chi connectivity index (χ4v) is 3.45. The summed E-state index contributed by atoms with van der Waals surface area (Å²) in [5.41, 5.74) is 3.25. The van der Waals surface area contributed by atoms with Crippen LogP contribution in [0, 0.1) is 13.8 Å². The standard InChI is InChI=1S/C18H23NO2S/c1-13-12-16(14(2)22-13)4-3-5-18(21)19-17-8-6-15(7-9-17)10-11-20/h6-9,12,20H,3-5,10-11H2,1-2H3,(H,19,21). The Balaban J connectivity index is 1.76. The molecule has 2 N–H and O–H groups in total. The normalized spacial score (nSPS) is 10.7. The molecule has 0 aliphatic carbocycles. The van der Waals surface area contributed by atoms with Gasteiger partial charge in [-0.2, -0.15) is 0 Å². The van der Waals surface area contributed by atoms with Gasteiger partial charge in [-0.05, 0) is 62.4 Å². The van der Waals surface area contributed by atoms with Crippen LogP contribution >= 0.6 is 11.3 Å². The maximum atomic E-state index is 12.0. The molecule has 1 amide bonds. The summed E-state index contributed by atoms with van der Waals surface area (Å²) in [6.07, 6.45) is 3.00. The third kappa shape index (κ3) is 4.97. The SMILES string of the molecule is Cc1cc(CCCC(=O)Nc2ccc(CCO)cc2)c(C)s1. The number of hydrogen-bond donors (Lipinski definition) is 2. The van der Waals surface area contributed by atoms with Crippen LogP contribution in [0.5, 0.6) is 0 Å². The Hall–Kier alpha value is -1.65. The van der Waals surface area contributed by atoms with Crippen molar-refractivity contribution in [2.24, 2.45) is 0 Å². The van der Waals surface area contributed by atoms with Crippen molar-refractivity contribution in [2.75, 3.05) is 11.9 Å². The summed E-state index contributed by atoms with van der Waals surface area (Å²) in [6.45, 7) is 4.41. The lowest BCUT2D eigenvalue weighted by molar-refractivity contribution is -0.116. The van der Waals surface area contributed by atoms with Gasteiger partial charge in [-0.25, -0.2) is 0 Å². The van der Waals surface area contributed by atoms with Crippen LogP contribution in [0.1, 0.15) is 33.7 Å². The largest absolute Gasteiger partial charge is 0.396 e. The summed E-state index contributed by atoms with van der Waals surface area (Å²) < 4.78 is 0. The maximum absolute atomic E-state index is 12.0. The predicted octanol–water partition coefficient (Wildman–Crippen LogP) is 3.86. The van der Waals surface area contributed by atoms with E-state index in [1.54, 1.807) is 0 Å². The second-order valence-corrected chi connectivity index (χ2v) is 6.97. The Kier molecular flexibility index (Phi) is 6.16. The van der Waals surface area contributed by atoms with E-state index in [9.17, 15) is 4.79 Å². The van der Waals surface area contributed by atoms with Crippen molar-refractivity contribution >= 4 is 22.9 Å². The van der Waals surface area contributed by atoms with Gasteiger partial charge in [0.2, 0.25) is 5.91 Å². The van der Waals surface area contributed by atoms with Crippen LogP contribution in [0.2, 0.25) is 0 Å². The van der Waals surface area contributed by atoms with Crippen molar-refractivity contribution < 1.29 is 9.90 Å². The molecule has 0 aliphatic heterocycles. The van der Waals surface area contributed by atoms with Crippen LogP contribution in [0.4, 0.5) is 5.69 Å². The highest BCUT2D eigenvalue weighted by Crippen LogP contribution is 2.22. The lowest BCUT2D eigenvalue weighted by Gasteiger charge is -2.06. The number of carbonyl (C=O) groups is 1. The van der Waals surface area contributed by atoms with Crippen LogP contribution in [0.15, 0.2) is 30.3 Å². The zero-order valence-electron chi connectivity index (χ0n) is 13.2. The Morgan fingerprint density at radius 3 is 2.50 bits per heavy atom. The average molecular weight is 317 g/mol. The minimum Gasteiger partial charge on any atom is -0.396 e. The zero-order chi connectivity index (χ0) is 15.9. The van der Waals surface area contributed by atoms with Crippen LogP contribution in [0.3, 0.4) is 0 Å². The summed E-state index contributed by atoms with van der Waals surface area (Å²) in [5, 5.41) is 11.8. The second-order valence-electron chi connectivity index (χ2n) is 5.51. The topological polar surface area (TPSA) is 49.3 Å². The number of carbonyl (C=O) groups excluding carboxylic acids is 1. The average Bonchev–Trinajstić information content (AvgIpc) is 2.79. The molecule has 1 aromatic carbocycles. The lowest BCUT2D eigenvalue weighted by atomic mass is 10.1. The first-order valence-electron chi connectivity index (χ1n) is 7.64. The molecular formula is C18H23NO2S. The van der Waals surface area contributed by atoms with Crippen molar-refractivity contribution in [2.45, 2.75) is 39.5 Å². The molecule has 22 heavy (non-hydrogen) atoms. The quantitative estimate of drug-likeness (QED) is 0.814. The molecule has 2 aromatic rings. The van der Waals surface area contributed by atoms with Crippen LogP contribution in [0.25, 0.3) is 0 Å². The molecule has 118 valence electrons. The van der Waals surface area contributed by atoms with E-state index in [4.69, 9.17) is 5.11 Å². The number of amides is 1. The highest BCUT2D eigenvalue weighted by atomic mass is 32.1. The van der Waals surface area contributed by atoms with Gasteiger partial charge in [0, 0.05) is 28.5 Å². The second kappa shape index (κ2) is 8.11. The fraction of sp³-hybridized carbons (Fsp3) is 0.389. The third-order valence-corrected chi connectivity index (χ3v) is 4.64. The molecule has 0 aliphatic rings. The molecule has 2 rings (SSSR count). The Morgan fingerprint density at radius 1 is 1.18 bits per heavy atom. The summed E-state index contributed by atoms with van der Waals surface area (Å²) in [7, 11) is 0. The Morgan fingerprint density at radius 2 is 1.91 bits per heavy atom. The van der Waals surface area contributed by atoms with Gasteiger partial charge in [-0.1, -0.05) is 12.1 Å². The monoisotopic (exact) mass is 317 g/mol. The number of anilines is 1. The predicted molar refractivity (Wildman–Crippen MR) is 92.6 cm³/mol. The zero-order valence-corrected chi connectivity index (χ0v) is 14.0. The van der Waals surface area contributed by atoms with E-state index >= 15 is 0 Å². The van der Waals surface area contributed by atoms with Crippen molar-refractivity contribution in [3.8, 4) is 0 Å². The van der Waals surface area contributed by atoms with E-state index in [1.807, 2.05) is 35.6 Å². The number of benzene rings is 1. The molecule has 0 bridgehead atoms. The first kappa shape index (κ1) is 16.7. The van der Waals surface area contributed by atoms with Crippen molar-refractivity contribution in [1.29, 1.82) is 0 Å². The fourth-order valence-electron chi connectivity index (χ4n) is 2.48. The number of thiophene rings is 1. The molecule has 0 atom stereocenters. The summed E-state index contributed by atoms with van der Waals surface area (Å²) >= 11 is 1.82. The van der Waals surface area contributed by atoms with E-state index in [0.717, 1.165) is 24.1 Å². The van der Waals surface area contributed by atoms with E-state index in [0.29, 0.717) is 12.8 Å². The Bertz CT molecular complexity index is 617. The van der Waals surface area contributed by atoms with E-state index in [2.05, 4.69) is 25.2 Å². The van der Waals surface area contributed by atoms with Crippen molar-refractivity contribution in [1.82, 2.24) is 0 Å². The van der Waals surface area contributed by atoms with Gasteiger partial charge in [0.25, 0.3) is 0 Å². The van der Waals surface area contributed by atoms with Gasteiger partial charge in [-0.3, -0.25) is 4.79 Å². The first-order valence-corrected chi connectivity index (χ1v) is 8.45. The minimum atomic E-state index is 0.0551. The minimum absolute atomic E-state index is 0.0551. The number of aryl methyl sites for hydroxylation is 3.